The van der Waals surface area contributed by atoms with Crippen LogP contribution in [0.25, 0.3) is 22.2 Å². The molecule has 158 valence electrons. The number of carbonyl (C=O) groups is 1. The highest BCUT2D eigenvalue weighted by molar-refractivity contribution is 5.83. The summed E-state index contributed by atoms with van der Waals surface area (Å²) in [7, 11) is 1.96. The Labute approximate surface area is 176 Å². The Morgan fingerprint density at radius 3 is 2.63 bits per heavy atom. The molecule has 3 aromatic rings. The maximum atomic E-state index is 12.2. The zero-order valence-corrected chi connectivity index (χ0v) is 18.3. The highest BCUT2D eigenvalue weighted by Gasteiger charge is 2.55. The summed E-state index contributed by atoms with van der Waals surface area (Å²) < 4.78 is 9.54. The molecule has 2 aromatic heterocycles. The van der Waals surface area contributed by atoms with Crippen LogP contribution < -0.4 is 0 Å². The number of hydrogen-bond acceptors (Lipinski definition) is 4. The molecule has 1 saturated heterocycles. The molecule has 2 fully saturated rings. The number of fused-ring (bicyclic) bond motifs is 1. The lowest BCUT2D eigenvalue weighted by molar-refractivity contribution is -0.0930. The molecule has 7 nitrogen and oxygen atoms in total. The Morgan fingerprint density at radius 2 is 1.93 bits per heavy atom. The van der Waals surface area contributed by atoms with E-state index in [1.165, 1.54) is 5.69 Å². The molecule has 1 aromatic carbocycles. The van der Waals surface area contributed by atoms with E-state index in [9.17, 15) is 4.79 Å². The average Bonchev–Trinajstić information content (AvgIpc) is 3.14. The first-order chi connectivity index (χ1) is 14.1. The van der Waals surface area contributed by atoms with E-state index in [0.717, 1.165) is 48.1 Å². The summed E-state index contributed by atoms with van der Waals surface area (Å²) in [6, 6.07) is 8.94. The third-order valence-electron chi connectivity index (χ3n) is 6.35. The first-order valence-electron chi connectivity index (χ1n) is 10.6. The van der Waals surface area contributed by atoms with Crippen LogP contribution in [-0.2, 0) is 11.8 Å². The lowest BCUT2D eigenvalue weighted by Crippen LogP contribution is -2.64. The molecular weight excluding hydrogens is 378 g/mol. The quantitative estimate of drug-likeness (QED) is 0.635. The minimum atomic E-state index is -0.441. The second kappa shape index (κ2) is 6.33. The van der Waals surface area contributed by atoms with Crippen LogP contribution in [0.1, 0.15) is 45.3 Å². The van der Waals surface area contributed by atoms with Crippen molar-refractivity contribution >= 4 is 17.0 Å². The molecule has 1 aliphatic carbocycles. The van der Waals surface area contributed by atoms with Crippen molar-refractivity contribution < 1.29 is 9.53 Å². The molecular formula is C23H29N5O2. The van der Waals surface area contributed by atoms with Crippen LogP contribution in [0.3, 0.4) is 0 Å². The van der Waals surface area contributed by atoms with Gasteiger partial charge in [-0.15, -0.1) is 0 Å². The number of carbonyl (C=O) groups excluding carboxylic acids is 1. The average molecular weight is 408 g/mol. The van der Waals surface area contributed by atoms with Gasteiger partial charge >= 0.3 is 6.09 Å². The van der Waals surface area contributed by atoms with Crippen LogP contribution in [-0.4, -0.2) is 49.2 Å². The Bertz CT molecular complexity index is 1120. The van der Waals surface area contributed by atoms with E-state index < -0.39 is 5.60 Å². The van der Waals surface area contributed by atoms with Crippen LogP contribution >= 0.6 is 0 Å². The zero-order valence-electron chi connectivity index (χ0n) is 18.3. The minimum Gasteiger partial charge on any atom is -0.444 e. The molecule has 1 spiro atoms. The maximum Gasteiger partial charge on any atom is 0.410 e. The molecule has 2 aliphatic rings. The van der Waals surface area contributed by atoms with Gasteiger partial charge in [-0.25, -0.2) is 4.79 Å². The molecule has 5 rings (SSSR count). The highest BCUT2D eigenvalue weighted by Crippen LogP contribution is 2.54. The lowest BCUT2D eigenvalue weighted by atomic mass is 9.61. The van der Waals surface area contributed by atoms with Crippen molar-refractivity contribution in [2.24, 2.45) is 12.5 Å². The number of amides is 1. The van der Waals surface area contributed by atoms with Gasteiger partial charge in [-0.1, -0.05) is 6.07 Å². The normalized spacial score (nSPS) is 18.5. The molecule has 1 amide bonds. The summed E-state index contributed by atoms with van der Waals surface area (Å²) in [4.78, 5) is 14.0. The maximum absolute atomic E-state index is 12.2. The number of ether oxygens (including phenoxy) is 1. The number of aryl methyl sites for hydroxylation is 2. The molecule has 3 heterocycles. The SMILES string of the molecule is Cc1cc(-c2ccc3c(cnn3C)c2)nn1C1CC2(C1)CN(C(=O)OC(C)(C)C)C2. The topological polar surface area (TPSA) is 65.2 Å². The summed E-state index contributed by atoms with van der Waals surface area (Å²) >= 11 is 0. The van der Waals surface area contributed by atoms with Crippen LogP contribution in [0, 0.1) is 12.3 Å². The first-order valence-corrected chi connectivity index (χ1v) is 10.6. The van der Waals surface area contributed by atoms with Gasteiger partial charge < -0.3 is 9.64 Å². The molecule has 0 bridgehead atoms. The molecule has 0 N–H and O–H groups in total. The molecule has 1 aliphatic heterocycles. The molecule has 30 heavy (non-hydrogen) atoms. The molecule has 0 unspecified atom stereocenters. The smallest absolute Gasteiger partial charge is 0.410 e. The molecule has 1 saturated carbocycles. The number of benzene rings is 1. The van der Waals surface area contributed by atoms with Crippen LogP contribution in [0.4, 0.5) is 4.79 Å². The van der Waals surface area contributed by atoms with Gasteiger partial charge in [-0.2, -0.15) is 10.2 Å². The van der Waals surface area contributed by atoms with Crippen LogP contribution in [0.15, 0.2) is 30.5 Å². The number of rotatable bonds is 2. The van der Waals surface area contributed by atoms with Gasteiger partial charge in [0.15, 0.2) is 0 Å². The second-order valence-electron chi connectivity index (χ2n) is 10.1. The minimum absolute atomic E-state index is 0.195. The van der Waals surface area contributed by atoms with E-state index in [1.54, 1.807) is 0 Å². The van der Waals surface area contributed by atoms with Gasteiger partial charge in [0.2, 0.25) is 0 Å². The van der Waals surface area contributed by atoms with Crippen LogP contribution in [0.2, 0.25) is 0 Å². The fourth-order valence-corrected chi connectivity index (χ4v) is 4.91. The van der Waals surface area contributed by atoms with Gasteiger partial charge in [0.1, 0.15) is 5.60 Å². The second-order valence-corrected chi connectivity index (χ2v) is 10.1. The van der Waals surface area contributed by atoms with E-state index in [1.807, 2.05) is 43.6 Å². The number of likely N-dealkylation sites (tertiary alicyclic amines) is 1. The summed E-state index contributed by atoms with van der Waals surface area (Å²) in [5.74, 6) is 0. The number of aromatic nitrogens is 4. The van der Waals surface area contributed by atoms with E-state index in [0.29, 0.717) is 6.04 Å². The summed E-state index contributed by atoms with van der Waals surface area (Å²) in [6.45, 7) is 9.43. The van der Waals surface area contributed by atoms with Crippen molar-refractivity contribution in [1.82, 2.24) is 24.5 Å². The Morgan fingerprint density at radius 1 is 1.20 bits per heavy atom. The van der Waals surface area contributed by atoms with Gasteiger partial charge in [0.25, 0.3) is 0 Å². The first kappa shape index (κ1) is 19.2. The Kier molecular flexibility index (Phi) is 4.04. The van der Waals surface area contributed by atoms with E-state index in [4.69, 9.17) is 9.84 Å². The van der Waals surface area contributed by atoms with Gasteiger partial charge in [0, 0.05) is 42.2 Å². The number of nitrogens with zero attached hydrogens (tertiary/aromatic N) is 5. The number of hydrogen-bond donors (Lipinski definition) is 0. The standard InChI is InChI=1S/C23H29N5O2/c1-15-8-19(16-6-7-20-17(9-16)12-24-26(20)5)25-28(15)18-10-23(11-18)13-27(14-23)21(29)30-22(2,3)4/h6-9,12,18H,10-11,13-14H2,1-5H3. The third kappa shape index (κ3) is 3.16. The Hall–Kier alpha value is -2.83. The van der Waals surface area contributed by atoms with Crippen molar-refractivity contribution in [3.8, 4) is 11.3 Å². The fraction of sp³-hybridized carbons (Fsp3) is 0.522. The molecule has 0 atom stereocenters. The van der Waals surface area contributed by atoms with Crippen molar-refractivity contribution in [2.45, 2.75) is 52.2 Å². The predicted octanol–water partition coefficient (Wildman–Crippen LogP) is 4.32. The Balaban J connectivity index is 1.25. The van der Waals surface area contributed by atoms with Crippen molar-refractivity contribution in [3.63, 3.8) is 0 Å². The molecule has 0 radical (unpaired) electrons. The van der Waals surface area contributed by atoms with E-state index >= 15 is 0 Å². The highest BCUT2D eigenvalue weighted by atomic mass is 16.6. The van der Waals surface area contributed by atoms with Gasteiger partial charge in [-0.05, 0) is 58.7 Å². The monoisotopic (exact) mass is 407 g/mol. The van der Waals surface area contributed by atoms with Crippen LogP contribution in [0.5, 0.6) is 0 Å². The van der Waals surface area contributed by atoms with Crippen molar-refractivity contribution in [1.29, 1.82) is 0 Å². The third-order valence-corrected chi connectivity index (χ3v) is 6.35. The van der Waals surface area contributed by atoms with Gasteiger partial charge in [0.05, 0.1) is 23.4 Å². The van der Waals surface area contributed by atoms with E-state index in [2.05, 4.69) is 41.0 Å². The predicted molar refractivity (Wildman–Crippen MR) is 115 cm³/mol. The van der Waals surface area contributed by atoms with Crippen molar-refractivity contribution in [3.05, 3.63) is 36.2 Å². The van der Waals surface area contributed by atoms with E-state index in [-0.39, 0.29) is 11.5 Å². The largest absolute Gasteiger partial charge is 0.444 e. The fourth-order valence-electron chi connectivity index (χ4n) is 4.91. The summed E-state index contributed by atoms with van der Waals surface area (Å²) in [5.41, 5.74) is 4.22. The lowest BCUT2D eigenvalue weighted by Gasteiger charge is -2.58. The summed E-state index contributed by atoms with van der Waals surface area (Å²) in [5, 5.41) is 10.4. The van der Waals surface area contributed by atoms with Crippen molar-refractivity contribution in [2.75, 3.05) is 13.1 Å². The molecule has 7 heteroatoms. The van der Waals surface area contributed by atoms with Gasteiger partial charge in [-0.3, -0.25) is 9.36 Å². The zero-order chi connectivity index (χ0) is 21.3. The summed E-state index contributed by atoms with van der Waals surface area (Å²) in [6.07, 6.45) is 3.83.